The summed E-state index contributed by atoms with van der Waals surface area (Å²) in [5.74, 6) is 0. The van der Waals surface area contributed by atoms with E-state index in [4.69, 9.17) is 24.4 Å². The van der Waals surface area contributed by atoms with E-state index in [-0.39, 0.29) is 9.79 Å². The van der Waals surface area contributed by atoms with Gasteiger partial charge in [0.25, 0.3) is 0 Å². The summed E-state index contributed by atoms with van der Waals surface area (Å²) in [6.07, 6.45) is 37.6. The van der Waals surface area contributed by atoms with Gasteiger partial charge >= 0.3 is 0 Å². The van der Waals surface area contributed by atoms with Gasteiger partial charge in [0.1, 0.15) is 0 Å². The van der Waals surface area contributed by atoms with E-state index in [0.29, 0.717) is 10.2 Å². The van der Waals surface area contributed by atoms with Crippen LogP contribution in [0, 0.1) is 0 Å². The maximum Gasteiger partial charge on any atom is 0.206 e. The predicted molar refractivity (Wildman–Crippen MR) is 247 cm³/mol. The molecule has 312 valence electrons. The van der Waals surface area contributed by atoms with E-state index in [0.717, 1.165) is 37.3 Å². The average molecular weight is 815 g/mol. The van der Waals surface area contributed by atoms with Crippen molar-refractivity contribution in [3.8, 4) is 0 Å². The molecule has 55 heavy (non-hydrogen) atoms. The number of rotatable bonds is 34. The van der Waals surface area contributed by atoms with Gasteiger partial charge in [0, 0.05) is 24.5 Å². The number of hydrogen-bond acceptors (Lipinski definition) is 4. The molecule has 2 aromatic rings. The van der Waals surface area contributed by atoms with Crippen LogP contribution < -0.4 is 21.3 Å². The Morgan fingerprint density at radius 1 is 0.400 bits per heavy atom. The first kappa shape index (κ1) is 48.9. The lowest BCUT2D eigenvalue weighted by Crippen LogP contribution is -2.29. The maximum absolute atomic E-state index is 13.3. The van der Waals surface area contributed by atoms with Gasteiger partial charge in [-0.05, 0) is 85.8 Å². The topological polar surface area (TPSA) is 82.3 Å². The second kappa shape index (κ2) is 32.8. The highest BCUT2D eigenvalue weighted by Gasteiger charge is 2.17. The molecule has 0 aromatic heterocycles. The van der Waals surface area contributed by atoms with E-state index in [1.165, 1.54) is 167 Å². The Morgan fingerprint density at radius 3 is 0.891 bits per heavy atom. The molecule has 0 atom stereocenters. The third-order valence-corrected chi connectivity index (χ3v) is 12.8. The fraction of sp³-hybridized carbons (Fsp3) is 0.696. The molecular formula is C46H78N4O2S3. The number of unbranched alkanes of at least 4 members (excludes halogenated alkanes) is 26. The summed E-state index contributed by atoms with van der Waals surface area (Å²) in [5.41, 5.74) is 1.51. The van der Waals surface area contributed by atoms with Crippen LogP contribution in [0.3, 0.4) is 0 Å². The van der Waals surface area contributed by atoms with Crippen LogP contribution in [0.1, 0.15) is 194 Å². The van der Waals surface area contributed by atoms with Gasteiger partial charge in [-0.2, -0.15) is 0 Å². The first-order valence-corrected chi connectivity index (χ1v) is 24.7. The first-order chi connectivity index (χ1) is 26.9. The minimum Gasteiger partial charge on any atom is -0.362 e. The lowest BCUT2D eigenvalue weighted by Gasteiger charge is -2.12. The monoisotopic (exact) mass is 815 g/mol. The second-order valence-electron chi connectivity index (χ2n) is 15.5. The quantitative estimate of drug-likeness (QED) is 0.0411. The Hall–Kier alpha value is -2.23. The molecule has 0 unspecified atom stereocenters. The summed E-state index contributed by atoms with van der Waals surface area (Å²) in [7, 11) is -3.66. The Balaban J connectivity index is 1.53. The van der Waals surface area contributed by atoms with E-state index in [1.54, 1.807) is 48.5 Å². The van der Waals surface area contributed by atoms with Crippen LogP contribution >= 0.6 is 24.4 Å². The zero-order chi connectivity index (χ0) is 39.7. The highest BCUT2D eigenvalue weighted by molar-refractivity contribution is 7.91. The fourth-order valence-corrected chi connectivity index (χ4v) is 8.67. The van der Waals surface area contributed by atoms with E-state index < -0.39 is 9.84 Å². The molecule has 0 radical (unpaired) electrons. The van der Waals surface area contributed by atoms with Crippen LogP contribution in [0.25, 0.3) is 0 Å². The van der Waals surface area contributed by atoms with Crippen LogP contribution in [0.15, 0.2) is 58.3 Å². The predicted octanol–water partition coefficient (Wildman–Crippen LogP) is 14.1. The van der Waals surface area contributed by atoms with Crippen molar-refractivity contribution >= 4 is 55.9 Å². The molecule has 9 heteroatoms. The smallest absolute Gasteiger partial charge is 0.206 e. The van der Waals surface area contributed by atoms with E-state index >= 15 is 0 Å². The van der Waals surface area contributed by atoms with Gasteiger partial charge < -0.3 is 21.3 Å². The molecule has 0 saturated heterocycles. The van der Waals surface area contributed by atoms with Gasteiger partial charge in [-0.1, -0.05) is 181 Å². The number of hydrogen-bond donors (Lipinski definition) is 4. The van der Waals surface area contributed by atoms with Gasteiger partial charge in [0.2, 0.25) is 9.84 Å². The molecule has 0 aliphatic carbocycles. The molecule has 0 fully saturated rings. The number of anilines is 2. The molecule has 0 aliphatic heterocycles. The standard InChI is InChI=1S/C46H78N4O2S3/c1-3-5-7-9-11-13-15-17-19-21-23-25-27-29-39-47-45(53)49-41-31-35-43(36-32-41)55(51,52)44-37-33-42(34-38-44)50-46(54)48-40-30-28-26-24-22-20-18-16-14-12-10-8-6-4-2/h31-38H,3-30,39-40H2,1-2H3,(H2,47,49,53)(H2,48,50,54). The summed E-state index contributed by atoms with van der Waals surface area (Å²) in [6.45, 7) is 6.22. The number of benzene rings is 2. The van der Waals surface area contributed by atoms with Crippen molar-refractivity contribution in [2.24, 2.45) is 0 Å². The van der Waals surface area contributed by atoms with E-state index in [2.05, 4.69) is 35.1 Å². The largest absolute Gasteiger partial charge is 0.362 e. The minimum atomic E-state index is -3.66. The third kappa shape index (κ3) is 24.9. The lowest BCUT2D eigenvalue weighted by molar-refractivity contribution is 0.535. The molecule has 2 rings (SSSR count). The minimum absolute atomic E-state index is 0.241. The molecule has 0 spiro atoms. The Kier molecular flexibility index (Phi) is 29.2. The summed E-state index contributed by atoms with van der Waals surface area (Å²) in [4.78, 5) is 0.482. The zero-order valence-corrected chi connectivity index (χ0v) is 37.3. The van der Waals surface area contributed by atoms with Crippen LogP contribution in [-0.4, -0.2) is 31.7 Å². The van der Waals surface area contributed by atoms with Crippen molar-refractivity contribution in [2.75, 3.05) is 23.7 Å². The Bertz CT molecular complexity index is 1250. The van der Waals surface area contributed by atoms with Crippen molar-refractivity contribution in [2.45, 2.75) is 203 Å². The molecule has 0 saturated carbocycles. The molecule has 0 bridgehead atoms. The average Bonchev–Trinajstić information content (AvgIpc) is 3.18. The van der Waals surface area contributed by atoms with E-state index in [9.17, 15) is 8.42 Å². The van der Waals surface area contributed by atoms with Gasteiger partial charge in [-0.3, -0.25) is 0 Å². The van der Waals surface area contributed by atoms with Gasteiger partial charge in [-0.15, -0.1) is 0 Å². The summed E-state index contributed by atoms with van der Waals surface area (Å²) in [5, 5.41) is 14.0. The third-order valence-electron chi connectivity index (χ3n) is 10.5. The Labute approximate surface area is 348 Å². The van der Waals surface area contributed by atoms with Crippen molar-refractivity contribution in [3.63, 3.8) is 0 Å². The molecule has 0 amide bonds. The SMILES string of the molecule is CCCCCCCCCCCCCCCCNC(=S)Nc1ccc(S(=O)(=O)c2ccc(NC(=S)NCCCCCCCCCCCCCCCC)cc2)cc1. The van der Waals surface area contributed by atoms with Crippen LogP contribution in [0.2, 0.25) is 0 Å². The van der Waals surface area contributed by atoms with Gasteiger partial charge in [0.15, 0.2) is 10.2 Å². The molecule has 2 aromatic carbocycles. The van der Waals surface area contributed by atoms with Crippen LogP contribution in [0.5, 0.6) is 0 Å². The van der Waals surface area contributed by atoms with Crippen molar-refractivity contribution in [1.82, 2.24) is 10.6 Å². The number of nitrogens with one attached hydrogen (secondary N) is 4. The lowest BCUT2D eigenvalue weighted by atomic mass is 10.0. The first-order valence-electron chi connectivity index (χ1n) is 22.4. The molecule has 0 aliphatic rings. The Morgan fingerprint density at radius 2 is 0.636 bits per heavy atom. The zero-order valence-electron chi connectivity index (χ0n) is 34.9. The maximum atomic E-state index is 13.3. The number of thiocarbonyl (C=S) groups is 2. The van der Waals surface area contributed by atoms with Gasteiger partial charge in [-0.25, -0.2) is 8.42 Å². The van der Waals surface area contributed by atoms with Gasteiger partial charge in [0.05, 0.1) is 9.79 Å². The fourth-order valence-electron chi connectivity index (χ4n) is 6.96. The van der Waals surface area contributed by atoms with E-state index in [1.807, 2.05) is 0 Å². The number of sulfone groups is 1. The van der Waals surface area contributed by atoms with Crippen LogP contribution in [-0.2, 0) is 9.84 Å². The molecule has 6 nitrogen and oxygen atoms in total. The molecule has 0 heterocycles. The van der Waals surface area contributed by atoms with Crippen molar-refractivity contribution in [1.29, 1.82) is 0 Å². The summed E-state index contributed by atoms with van der Waals surface area (Å²) in [6, 6.07) is 13.5. The van der Waals surface area contributed by atoms with Crippen LogP contribution in [0.4, 0.5) is 11.4 Å². The second-order valence-corrected chi connectivity index (χ2v) is 18.3. The normalized spacial score (nSPS) is 11.4. The summed E-state index contributed by atoms with van der Waals surface area (Å²) >= 11 is 10.9. The van der Waals surface area contributed by atoms with Crippen molar-refractivity contribution in [3.05, 3.63) is 48.5 Å². The van der Waals surface area contributed by atoms with Crippen molar-refractivity contribution < 1.29 is 8.42 Å². The molecular weight excluding hydrogens is 737 g/mol. The summed E-state index contributed by atoms with van der Waals surface area (Å²) < 4.78 is 26.6. The highest BCUT2D eigenvalue weighted by Crippen LogP contribution is 2.24. The highest BCUT2D eigenvalue weighted by atomic mass is 32.2. The molecule has 4 N–H and O–H groups in total.